The second-order valence-corrected chi connectivity index (χ2v) is 11.9. The third-order valence-corrected chi connectivity index (χ3v) is 7.91. The van der Waals surface area contributed by atoms with Crippen LogP contribution in [-0.4, -0.2) is 95.6 Å². The molecular weight excluding hydrogens is 602 g/mol. The zero-order valence-electron chi connectivity index (χ0n) is 24.1. The van der Waals surface area contributed by atoms with Gasteiger partial charge in [-0.1, -0.05) is 44.2 Å². The Morgan fingerprint density at radius 1 is 1.20 bits per heavy atom. The van der Waals surface area contributed by atoms with E-state index in [1.165, 1.54) is 7.11 Å². The molecule has 2 aliphatic rings. The highest BCUT2D eigenvalue weighted by molar-refractivity contribution is 9.11. The smallest absolute Gasteiger partial charge is 0.417 e. The number of hydrogen-bond donors (Lipinski definition) is 2. The van der Waals surface area contributed by atoms with Gasteiger partial charge in [-0.25, -0.2) is 9.69 Å². The molecule has 3 rings (SSSR count). The van der Waals surface area contributed by atoms with Crippen LogP contribution >= 0.6 is 15.9 Å². The number of halogens is 1. The van der Waals surface area contributed by atoms with Crippen LogP contribution in [-0.2, 0) is 39.9 Å². The summed E-state index contributed by atoms with van der Waals surface area (Å²) in [7, 11) is 1.23. The van der Waals surface area contributed by atoms with Crippen LogP contribution < -0.4 is 0 Å². The summed E-state index contributed by atoms with van der Waals surface area (Å²) < 4.78 is 28.1. The molecule has 0 radical (unpaired) electrons. The normalized spacial score (nSPS) is 25.7. The van der Waals surface area contributed by atoms with Crippen molar-refractivity contribution >= 4 is 33.7 Å². The second kappa shape index (κ2) is 14.3. The molecule has 0 spiro atoms. The Balaban J connectivity index is 1.59. The molecular formula is C29H40BrNO10. The first kappa shape index (κ1) is 33.3. The van der Waals surface area contributed by atoms with Crippen molar-refractivity contribution in [3.05, 3.63) is 46.5 Å². The van der Waals surface area contributed by atoms with Crippen LogP contribution in [0.5, 0.6) is 0 Å². The maximum atomic E-state index is 13.6. The standard InChI is InChI=1S/C29H40BrNO10/c1-18(2)25-28(3,4)41-27(35)31(25)26(34)24(37-5)23-21(33)14-22(30)29(36,40-23)12-9-13-38-17-20(15-32)39-16-19-10-7-6-8-11-19/h6-8,10-11,14,18,20,23-25,32,36H,9,12-13,15-17H2,1-5H3/t20-,23+,24+,25+,29-/m1/s1. The van der Waals surface area contributed by atoms with E-state index in [2.05, 4.69) is 15.9 Å². The van der Waals surface area contributed by atoms with Crippen LogP contribution in [0.2, 0.25) is 0 Å². The highest BCUT2D eigenvalue weighted by Gasteiger charge is 2.55. The van der Waals surface area contributed by atoms with Gasteiger partial charge in [-0.2, -0.15) is 0 Å². The van der Waals surface area contributed by atoms with E-state index in [0.29, 0.717) is 13.0 Å². The molecule has 1 aromatic carbocycles. The highest BCUT2D eigenvalue weighted by Crippen LogP contribution is 2.38. The summed E-state index contributed by atoms with van der Waals surface area (Å²) in [5, 5.41) is 20.9. The molecule has 2 N–H and O–H groups in total. The topological polar surface area (TPSA) is 141 Å². The third-order valence-electron chi connectivity index (χ3n) is 7.06. The molecule has 12 heteroatoms. The van der Waals surface area contributed by atoms with E-state index in [-0.39, 0.29) is 36.6 Å². The van der Waals surface area contributed by atoms with Gasteiger partial charge in [-0.3, -0.25) is 9.59 Å². The predicted octanol–water partition coefficient (Wildman–Crippen LogP) is 3.09. The van der Waals surface area contributed by atoms with Gasteiger partial charge in [0.2, 0.25) is 0 Å². The summed E-state index contributed by atoms with van der Waals surface area (Å²) in [6.07, 6.45) is -2.89. The fourth-order valence-corrected chi connectivity index (χ4v) is 5.70. The van der Waals surface area contributed by atoms with Crippen LogP contribution in [0.15, 0.2) is 40.9 Å². The lowest BCUT2D eigenvalue weighted by atomic mass is 9.88. The van der Waals surface area contributed by atoms with Crippen LogP contribution in [0.25, 0.3) is 0 Å². The van der Waals surface area contributed by atoms with Crippen molar-refractivity contribution < 1.29 is 48.3 Å². The number of nitrogens with zero attached hydrogens (tertiary/aromatic N) is 1. The van der Waals surface area contributed by atoms with E-state index in [1.54, 1.807) is 13.8 Å². The molecule has 5 atom stereocenters. The third kappa shape index (κ3) is 8.01. The Morgan fingerprint density at radius 2 is 1.88 bits per heavy atom. The van der Waals surface area contributed by atoms with Crippen molar-refractivity contribution in [3.63, 3.8) is 0 Å². The van der Waals surface area contributed by atoms with Crippen LogP contribution in [0.1, 0.15) is 46.1 Å². The number of benzene rings is 1. The fraction of sp³-hybridized carbons (Fsp3) is 0.621. The lowest BCUT2D eigenvalue weighted by molar-refractivity contribution is -0.227. The maximum absolute atomic E-state index is 13.6. The van der Waals surface area contributed by atoms with Gasteiger partial charge in [0.15, 0.2) is 23.8 Å². The summed E-state index contributed by atoms with van der Waals surface area (Å²) in [5.74, 6) is -3.47. The Morgan fingerprint density at radius 3 is 2.49 bits per heavy atom. The molecule has 2 aliphatic heterocycles. The average molecular weight is 643 g/mol. The van der Waals surface area contributed by atoms with Gasteiger partial charge in [-0.15, -0.1) is 0 Å². The molecule has 11 nitrogen and oxygen atoms in total. The van der Waals surface area contributed by atoms with Gasteiger partial charge in [-0.05, 0) is 53.8 Å². The monoisotopic (exact) mass is 641 g/mol. The van der Waals surface area contributed by atoms with Crippen LogP contribution in [0.4, 0.5) is 4.79 Å². The van der Waals surface area contributed by atoms with Crippen molar-refractivity contribution in [2.75, 3.05) is 26.9 Å². The van der Waals surface area contributed by atoms with E-state index in [0.717, 1.165) is 16.5 Å². The number of carbonyl (C=O) groups is 3. The number of rotatable bonds is 14. The molecule has 1 aromatic rings. The Hall–Kier alpha value is -2.19. The molecule has 0 aliphatic carbocycles. The Labute approximate surface area is 248 Å². The van der Waals surface area contributed by atoms with Crippen LogP contribution in [0.3, 0.4) is 0 Å². The van der Waals surface area contributed by atoms with E-state index < -0.39 is 53.5 Å². The minimum absolute atomic E-state index is 0.0144. The van der Waals surface area contributed by atoms with Gasteiger partial charge in [0.1, 0.15) is 11.7 Å². The summed E-state index contributed by atoms with van der Waals surface area (Å²) in [4.78, 5) is 40.1. The van der Waals surface area contributed by atoms with Crippen molar-refractivity contribution in [2.45, 2.75) is 82.9 Å². The van der Waals surface area contributed by atoms with Gasteiger partial charge >= 0.3 is 6.09 Å². The summed E-state index contributed by atoms with van der Waals surface area (Å²) >= 11 is 3.21. The Kier molecular flexibility index (Phi) is 11.6. The number of aliphatic hydroxyl groups excluding tert-OH is 1. The molecule has 1 fully saturated rings. The highest BCUT2D eigenvalue weighted by atomic mass is 79.9. The first-order chi connectivity index (χ1) is 19.3. The predicted molar refractivity (Wildman–Crippen MR) is 151 cm³/mol. The number of hydrogen-bond acceptors (Lipinski definition) is 10. The van der Waals surface area contributed by atoms with Crippen LogP contribution in [0, 0.1) is 5.92 Å². The largest absolute Gasteiger partial charge is 0.441 e. The number of ketones is 1. The van der Waals surface area contributed by atoms with Crippen molar-refractivity contribution in [1.29, 1.82) is 0 Å². The molecule has 228 valence electrons. The minimum Gasteiger partial charge on any atom is -0.441 e. The van der Waals surface area contributed by atoms with Crippen molar-refractivity contribution in [3.8, 4) is 0 Å². The molecule has 1 saturated heterocycles. The first-order valence-corrected chi connectivity index (χ1v) is 14.4. The lowest BCUT2D eigenvalue weighted by Crippen LogP contribution is -2.58. The van der Waals surface area contributed by atoms with Gasteiger partial charge in [0, 0.05) is 20.1 Å². The average Bonchev–Trinajstić information content (AvgIpc) is 3.17. The quantitative estimate of drug-likeness (QED) is 0.291. The summed E-state index contributed by atoms with van der Waals surface area (Å²) in [6, 6.07) is 8.96. The molecule has 0 saturated carbocycles. The lowest BCUT2D eigenvalue weighted by Gasteiger charge is -2.38. The van der Waals surface area contributed by atoms with Gasteiger partial charge < -0.3 is 33.9 Å². The number of cyclic esters (lactones) is 1. The minimum atomic E-state index is -1.94. The van der Waals surface area contributed by atoms with E-state index in [1.807, 2.05) is 44.2 Å². The van der Waals surface area contributed by atoms with E-state index in [4.69, 9.17) is 23.7 Å². The Bertz CT molecular complexity index is 1090. The maximum Gasteiger partial charge on any atom is 0.417 e. The van der Waals surface area contributed by atoms with Gasteiger partial charge in [0.25, 0.3) is 5.91 Å². The zero-order chi connectivity index (χ0) is 30.4. The number of ether oxygens (including phenoxy) is 5. The summed E-state index contributed by atoms with van der Waals surface area (Å²) in [6.45, 7) is 7.60. The van der Waals surface area contributed by atoms with Gasteiger partial charge in [0.05, 0.1) is 30.3 Å². The van der Waals surface area contributed by atoms with Crippen molar-refractivity contribution in [1.82, 2.24) is 4.90 Å². The van der Waals surface area contributed by atoms with E-state index in [9.17, 15) is 24.6 Å². The number of imide groups is 1. The molecule has 2 amide bonds. The SMILES string of the molecule is CO[C@H](C(=O)N1C(=O)OC(C)(C)[C@@H]1C(C)C)[C@H]1O[C@](O)(CCCOC[C@@H](CO)OCc2ccccc2)C(Br)=CC1=O. The number of aliphatic hydroxyl groups is 2. The van der Waals surface area contributed by atoms with E-state index >= 15 is 0 Å². The molecule has 0 aromatic heterocycles. The first-order valence-electron chi connectivity index (χ1n) is 13.6. The number of amides is 2. The molecule has 0 bridgehead atoms. The molecule has 41 heavy (non-hydrogen) atoms. The summed E-state index contributed by atoms with van der Waals surface area (Å²) in [5.41, 5.74) is 0.0309. The number of methoxy groups -OCH3 is 1. The number of carbonyl (C=O) groups excluding carboxylic acids is 3. The van der Waals surface area contributed by atoms with Crippen molar-refractivity contribution in [2.24, 2.45) is 5.92 Å². The molecule has 0 unspecified atom stereocenters. The second-order valence-electron chi connectivity index (χ2n) is 11.0. The zero-order valence-corrected chi connectivity index (χ0v) is 25.7. The molecule has 2 heterocycles. The fourth-order valence-electron chi connectivity index (χ4n) is 5.18.